The second-order valence-corrected chi connectivity index (χ2v) is 5.67. The molecule has 25 heavy (non-hydrogen) atoms. The van der Waals surface area contributed by atoms with Crippen molar-refractivity contribution in [3.05, 3.63) is 35.4 Å². The summed E-state index contributed by atoms with van der Waals surface area (Å²) in [5, 5.41) is 8.09. The van der Waals surface area contributed by atoms with Crippen LogP contribution in [0.15, 0.2) is 24.3 Å². The van der Waals surface area contributed by atoms with Gasteiger partial charge < -0.3 is 16.0 Å². The van der Waals surface area contributed by atoms with Crippen LogP contribution < -0.4 is 16.0 Å². The number of benzene rings is 1. The lowest BCUT2D eigenvalue weighted by Gasteiger charge is -2.27. The standard InChI is InChI=1S/C16H21F3N4O2/c17-16(18,19)13-4-2-1-3-12(13)15(25)22-11-14(24)21-7-10-23-8-5-20-6-9-23/h1-4,20H,5-11H2,(H,21,24)(H,22,25). The molecule has 1 saturated heterocycles. The van der Waals surface area contributed by atoms with E-state index in [-0.39, 0.29) is 6.54 Å². The molecule has 1 heterocycles. The molecule has 0 bridgehead atoms. The monoisotopic (exact) mass is 358 g/mol. The van der Waals surface area contributed by atoms with Crippen LogP contribution in [-0.2, 0) is 11.0 Å². The molecule has 0 aliphatic carbocycles. The van der Waals surface area contributed by atoms with E-state index in [1.54, 1.807) is 0 Å². The molecule has 0 radical (unpaired) electrons. The Morgan fingerprint density at radius 3 is 2.48 bits per heavy atom. The zero-order chi connectivity index (χ0) is 18.3. The van der Waals surface area contributed by atoms with E-state index in [4.69, 9.17) is 0 Å². The average Bonchev–Trinajstić information content (AvgIpc) is 2.60. The minimum absolute atomic E-state index is 0.368. The number of carbonyl (C=O) groups is 2. The lowest BCUT2D eigenvalue weighted by Crippen LogP contribution is -2.47. The Hall–Kier alpha value is -2.13. The zero-order valence-electron chi connectivity index (χ0n) is 13.7. The molecule has 138 valence electrons. The number of amides is 2. The Bertz CT molecular complexity index is 601. The van der Waals surface area contributed by atoms with Crippen molar-refractivity contribution in [1.29, 1.82) is 0 Å². The first kappa shape index (κ1) is 19.2. The van der Waals surface area contributed by atoms with Crippen molar-refractivity contribution in [1.82, 2.24) is 20.9 Å². The summed E-state index contributed by atoms with van der Waals surface area (Å²) >= 11 is 0. The zero-order valence-corrected chi connectivity index (χ0v) is 13.7. The maximum Gasteiger partial charge on any atom is 0.417 e. The molecule has 6 nitrogen and oxygen atoms in total. The number of halogens is 3. The summed E-state index contributed by atoms with van der Waals surface area (Å²) in [7, 11) is 0. The van der Waals surface area contributed by atoms with Gasteiger partial charge in [-0.05, 0) is 12.1 Å². The molecule has 0 unspecified atom stereocenters. The molecule has 0 aromatic heterocycles. The highest BCUT2D eigenvalue weighted by molar-refractivity contribution is 5.97. The van der Waals surface area contributed by atoms with Gasteiger partial charge in [-0.3, -0.25) is 14.5 Å². The van der Waals surface area contributed by atoms with E-state index >= 15 is 0 Å². The number of alkyl halides is 3. The van der Waals surface area contributed by atoms with Crippen molar-refractivity contribution in [3.63, 3.8) is 0 Å². The normalized spacial score (nSPS) is 15.6. The van der Waals surface area contributed by atoms with Gasteiger partial charge in [0, 0.05) is 39.3 Å². The molecule has 0 atom stereocenters. The van der Waals surface area contributed by atoms with E-state index in [2.05, 4.69) is 20.9 Å². The minimum atomic E-state index is -4.63. The van der Waals surface area contributed by atoms with E-state index in [0.717, 1.165) is 38.3 Å². The molecule has 1 fully saturated rings. The first-order chi connectivity index (χ1) is 11.9. The van der Waals surface area contributed by atoms with Crippen LogP contribution in [0.25, 0.3) is 0 Å². The summed E-state index contributed by atoms with van der Waals surface area (Å²) in [5.74, 6) is -1.36. The largest absolute Gasteiger partial charge is 0.417 e. The van der Waals surface area contributed by atoms with E-state index in [1.165, 1.54) is 12.1 Å². The van der Waals surface area contributed by atoms with Crippen LogP contribution in [0.2, 0.25) is 0 Å². The molecule has 1 aliphatic rings. The van der Waals surface area contributed by atoms with E-state index in [0.29, 0.717) is 13.1 Å². The van der Waals surface area contributed by atoms with Crippen LogP contribution in [0.4, 0.5) is 13.2 Å². The van der Waals surface area contributed by atoms with Crippen molar-refractivity contribution >= 4 is 11.8 Å². The Kier molecular flexibility index (Phi) is 6.77. The SMILES string of the molecule is O=C(CNC(=O)c1ccccc1C(F)(F)F)NCCN1CCNCC1. The number of carbonyl (C=O) groups excluding carboxylic acids is 2. The van der Waals surface area contributed by atoms with Gasteiger partial charge in [-0.2, -0.15) is 13.2 Å². The highest BCUT2D eigenvalue weighted by atomic mass is 19.4. The number of nitrogens with zero attached hydrogens (tertiary/aromatic N) is 1. The van der Waals surface area contributed by atoms with E-state index in [9.17, 15) is 22.8 Å². The number of piperazine rings is 1. The average molecular weight is 358 g/mol. The second-order valence-electron chi connectivity index (χ2n) is 5.67. The smallest absolute Gasteiger partial charge is 0.353 e. The van der Waals surface area contributed by atoms with Gasteiger partial charge in [0.15, 0.2) is 0 Å². The van der Waals surface area contributed by atoms with Crippen LogP contribution in [0.3, 0.4) is 0 Å². The van der Waals surface area contributed by atoms with Crippen molar-refractivity contribution in [3.8, 4) is 0 Å². The Morgan fingerprint density at radius 2 is 1.80 bits per heavy atom. The van der Waals surface area contributed by atoms with Crippen molar-refractivity contribution in [2.24, 2.45) is 0 Å². The van der Waals surface area contributed by atoms with Gasteiger partial charge in [0.1, 0.15) is 0 Å². The van der Waals surface area contributed by atoms with E-state index in [1.807, 2.05) is 0 Å². The summed E-state index contributed by atoms with van der Waals surface area (Å²) < 4.78 is 38.6. The third-order valence-corrected chi connectivity index (χ3v) is 3.85. The minimum Gasteiger partial charge on any atom is -0.353 e. The maximum atomic E-state index is 12.9. The first-order valence-corrected chi connectivity index (χ1v) is 8.02. The van der Waals surface area contributed by atoms with E-state index < -0.39 is 29.1 Å². The van der Waals surface area contributed by atoms with Gasteiger partial charge in [0.2, 0.25) is 5.91 Å². The van der Waals surface area contributed by atoms with Crippen molar-refractivity contribution in [2.75, 3.05) is 45.8 Å². The number of rotatable bonds is 6. The molecule has 2 rings (SSSR count). The molecule has 9 heteroatoms. The fourth-order valence-corrected chi connectivity index (χ4v) is 2.53. The molecule has 0 spiro atoms. The summed E-state index contributed by atoms with van der Waals surface area (Å²) in [6, 6.07) is 4.48. The molecule has 2 amide bonds. The van der Waals surface area contributed by atoms with Gasteiger partial charge >= 0.3 is 6.18 Å². The topological polar surface area (TPSA) is 73.5 Å². The predicted octanol–water partition coefficient (Wildman–Crippen LogP) is 0.457. The Balaban J connectivity index is 1.77. The van der Waals surface area contributed by atoms with Crippen LogP contribution in [-0.4, -0.2) is 62.5 Å². The summed E-state index contributed by atoms with van der Waals surface area (Å²) in [6.07, 6.45) is -4.63. The quantitative estimate of drug-likeness (QED) is 0.691. The van der Waals surface area contributed by atoms with Crippen molar-refractivity contribution in [2.45, 2.75) is 6.18 Å². The first-order valence-electron chi connectivity index (χ1n) is 8.02. The molecule has 1 aliphatic heterocycles. The number of nitrogens with one attached hydrogen (secondary N) is 3. The van der Waals surface area contributed by atoms with Gasteiger partial charge in [-0.1, -0.05) is 12.1 Å². The lowest BCUT2D eigenvalue weighted by atomic mass is 10.1. The third-order valence-electron chi connectivity index (χ3n) is 3.85. The summed E-state index contributed by atoms with van der Waals surface area (Å²) in [4.78, 5) is 25.8. The Morgan fingerprint density at radius 1 is 1.12 bits per heavy atom. The van der Waals surface area contributed by atoms with Crippen LogP contribution >= 0.6 is 0 Å². The second kappa shape index (κ2) is 8.82. The third kappa shape index (κ3) is 6.02. The van der Waals surface area contributed by atoms with Crippen molar-refractivity contribution < 1.29 is 22.8 Å². The number of hydrogen-bond donors (Lipinski definition) is 3. The van der Waals surface area contributed by atoms with Gasteiger partial charge in [0.05, 0.1) is 17.7 Å². The molecule has 1 aromatic rings. The highest BCUT2D eigenvalue weighted by Gasteiger charge is 2.34. The van der Waals surface area contributed by atoms with Crippen LogP contribution in [0.1, 0.15) is 15.9 Å². The van der Waals surface area contributed by atoms with Gasteiger partial charge in [-0.15, -0.1) is 0 Å². The summed E-state index contributed by atoms with van der Waals surface area (Å²) in [5.41, 5.74) is -1.52. The fraction of sp³-hybridized carbons (Fsp3) is 0.500. The van der Waals surface area contributed by atoms with Crippen LogP contribution in [0, 0.1) is 0 Å². The van der Waals surface area contributed by atoms with Gasteiger partial charge in [0.25, 0.3) is 5.91 Å². The molecule has 0 saturated carbocycles. The predicted molar refractivity (Wildman–Crippen MR) is 86.1 cm³/mol. The molecular weight excluding hydrogens is 337 g/mol. The summed E-state index contributed by atoms with van der Waals surface area (Å²) in [6.45, 7) is 4.37. The highest BCUT2D eigenvalue weighted by Crippen LogP contribution is 2.31. The lowest BCUT2D eigenvalue weighted by molar-refractivity contribution is -0.137. The number of hydrogen-bond acceptors (Lipinski definition) is 4. The van der Waals surface area contributed by atoms with Gasteiger partial charge in [-0.25, -0.2) is 0 Å². The molecule has 3 N–H and O–H groups in total. The fourth-order valence-electron chi connectivity index (χ4n) is 2.53. The Labute approximate surface area is 143 Å². The maximum absolute atomic E-state index is 12.9. The molecule has 1 aromatic carbocycles. The van der Waals surface area contributed by atoms with Crippen LogP contribution in [0.5, 0.6) is 0 Å². The molecular formula is C16H21F3N4O2.